The number of nitrogens with one attached hydrogen (secondary N) is 1. The first kappa shape index (κ1) is 17.9. The Labute approximate surface area is 146 Å². The highest BCUT2D eigenvalue weighted by molar-refractivity contribution is 7.99. The molecule has 1 fully saturated rings. The van der Waals surface area contributed by atoms with Crippen molar-refractivity contribution in [2.75, 3.05) is 25.5 Å². The van der Waals surface area contributed by atoms with Gasteiger partial charge >= 0.3 is 0 Å². The first-order valence-corrected chi connectivity index (χ1v) is 9.35. The van der Waals surface area contributed by atoms with Gasteiger partial charge in [-0.3, -0.25) is 4.79 Å². The van der Waals surface area contributed by atoms with Crippen molar-refractivity contribution in [2.24, 2.45) is 0 Å². The van der Waals surface area contributed by atoms with E-state index in [1.54, 1.807) is 6.07 Å². The molecule has 6 heteroatoms. The summed E-state index contributed by atoms with van der Waals surface area (Å²) in [4.78, 5) is 11.8. The Morgan fingerprint density at radius 1 is 1.27 bits per heavy atom. The number of rotatable bonds is 7. The lowest BCUT2D eigenvalue weighted by Gasteiger charge is -2.21. The molecule has 1 N–H and O–H groups in total. The zero-order chi connectivity index (χ0) is 15.8. The smallest absolute Gasteiger partial charge is 0.220 e. The Hall–Kier alpha value is -0.420. The molecule has 22 heavy (non-hydrogen) atoms. The van der Waals surface area contributed by atoms with Gasteiger partial charge in [-0.25, -0.2) is 0 Å². The number of hydrogen-bond donors (Lipinski definition) is 1. The van der Waals surface area contributed by atoms with E-state index >= 15 is 0 Å². The second-order valence-electron chi connectivity index (χ2n) is 5.28. The quantitative estimate of drug-likeness (QED) is 0.747. The lowest BCUT2D eigenvalue weighted by molar-refractivity contribution is -0.120. The van der Waals surface area contributed by atoms with Crippen LogP contribution < -0.4 is 5.32 Å². The van der Waals surface area contributed by atoms with Crippen LogP contribution in [-0.4, -0.2) is 36.7 Å². The highest BCUT2D eigenvalue weighted by Gasteiger charge is 2.13. The SMILES string of the molecule is O=C(CCc1ccc(Cl)c(Cl)c1)NCCSC1CCOCC1. The maximum Gasteiger partial charge on any atom is 0.220 e. The van der Waals surface area contributed by atoms with Crippen LogP contribution in [0.25, 0.3) is 0 Å². The van der Waals surface area contributed by atoms with Crippen molar-refractivity contribution in [3.63, 3.8) is 0 Å². The van der Waals surface area contributed by atoms with Gasteiger partial charge in [-0.05, 0) is 37.0 Å². The summed E-state index contributed by atoms with van der Waals surface area (Å²) >= 11 is 13.8. The molecule has 0 saturated carbocycles. The van der Waals surface area contributed by atoms with Gasteiger partial charge in [0.1, 0.15) is 0 Å². The minimum absolute atomic E-state index is 0.0821. The van der Waals surface area contributed by atoms with E-state index in [0.29, 0.717) is 28.1 Å². The van der Waals surface area contributed by atoms with E-state index in [4.69, 9.17) is 27.9 Å². The minimum Gasteiger partial charge on any atom is -0.381 e. The Kier molecular flexibility index (Phi) is 7.87. The molecule has 1 heterocycles. The van der Waals surface area contributed by atoms with Gasteiger partial charge in [0.05, 0.1) is 10.0 Å². The second-order valence-corrected chi connectivity index (χ2v) is 7.50. The van der Waals surface area contributed by atoms with Gasteiger partial charge in [-0.15, -0.1) is 0 Å². The molecule has 0 atom stereocenters. The van der Waals surface area contributed by atoms with Crippen LogP contribution in [0.1, 0.15) is 24.8 Å². The van der Waals surface area contributed by atoms with E-state index in [1.807, 2.05) is 23.9 Å². The summed E-state index contributed by atoms with van der Waals surface area (Å²) in [7, 11) is 0. The number of halogens is 2. The number of hydrogen-bond acceptors (Lipinski definition) is 3. The second kappa shape index (κ2) is 9.66. The molecule has 1 aromatic carbocycles. The lowest BCUT2D eigenvalue weighted by Crippen LogP contribution is -2.27. The van der Waals surface area contributed by atoms with Crippen LogP contribution >= 0.6 is 35.0 Å². The van der Waals surface area contributed by atoms with Crippen molar-refractivity contribution < 1.29 is 9.53 Å². The Balaban J connectivity index is 1.58. The maximum atomic E-state index is 11.8. The lowest BCUT2D eigenvalue weighted by atomic mass is 10.1. The van der Waals surface area contributed by atoms with Gasteiger partial charge in [0.2, 0.25) is 5.91 Å². The van der Waals surface area contributed by atoms with Gasteiger partial charge < -0.3 is 10.1 Å². The fourth-order valence-electron chi connectivity index (χ4n) is 2.30. The summed E-state index contributed by atoms with van der Waals surface area (Å²) < 4.78 is 5.33. The van der Waals surface area contributed by atoms with E-state index in [-0.39, 0.29) is 5.91 Å². The average Bonchev–Trinajstić information content (AvgIpc) is 2.54. The predicted octanol–water partition coefficient (Wildman–Crippen LogP) is 3.95. The molecule has 0 spiro atoms. The van der Waals surface area contributed by atoms with Crippen LogP contribution in [0, 0.1) is 0 Å². The van der Waals surface area contributed by atoms with Crippen molar-refractivity contribution in [1.29, 1.82) is 0 Å². The molecule has 1 aliphatic rings. The average molecular weight is 362 g/mol. The van der Waals surface area contributed by atoms with Gasteiger partial charge in [0.25, 0.3) is 0 Å². The monoisotopic (exact) mass is 361 g/mol. The van der Waals surface area contributed by atoms with E-state index in [1.165, 1.54) is 0 Å². The third kappa shape index (κ3) is 6.37. The number of carbonyl (C=O) groups is 1. The third-order valence-electron chi connectivity index (χ3n) is 3.57. The van der Waals surface area contributed by atoms with Crippen LogP contribution in [0.4, 0.5) is 0 Å². The molecule has 1 aliphatic heterocycles. The molecule has 0 aliphatic carbocycles. The number of ether oxygens (including phenoxy) is 1. The van der Waals surface area contributed by atoms with E-state index in [2.05, 4.69) is 5.32 Å². The number of aryl methyl sites for hydroxylation is 1. The van der Waals surface area contributed by atoms with Crippen LogP contribution in [0.15, 0.2) is 18.2 Å². The van der Waals surface area contributed by atoms with Gasteiger partial charge in [0, 0.05) is 37.2 Å². The highest BCUT2D eigenvalue weighted by atomic mass is 35.5. The minimum atomic E-state index is 0.0821. The van der Waals surface area contributed by atoms with Crippen molar-refractivity contribution in [2.45, 2.75) is 30.9 Å². The van der Waals surface area contributed by atoms with Crippen LogP contribution in [-0.2, 0) is 16.0 Å². The molecule has 0 unspecified atom stereocenters. The zero-order valence-electron chi connectivity index (χ0n) is 12.4. The summed E-state index contributed by atoms with van der Waals surface area (Å²) in [5.74, 6) is 1.04. The zero-order valence-corrected chi connectivity index (χ0v) is 14.8. The summed E-state index contributed by atoms with van der Waals surface area (Å²) in [5.41, 5.74) is 1.03. The van der Waals surface area contributed by atoms with E-state index < -0.39 is 0 Å². The molecule has 122 valence electrons. The van der Waals surface area contributed by atoms with Gasteiger partial charge in [0.15, 0.2) is 0 Å². The van der Waals surface area contributed by atoms with Crippen molar-refractivity contribution in [3.8, 4) is 0 Å². The Morgan fingerprint density at radius 3 is 2.77 bits per heavy atom. The highest BCUT2D eigenvalue weighted by Crippen LogP contribution is 2.23. The third-order valence-corrected chi connectivity index (χ3v) is 5.69. The first-order chi connectivity index (χ1) is 10.6. The summed E-state index contributed by atoms with van der Waals surface area (Å²) in [5, 5.41) is 4.73. The maximum absolute atomic E-state index is 11.8. The van der Waals surface area contributed by atoms with E-state index in [0.717, 1.165) is 43.9 Å². The predicted molar refractivity (Wildman–Crippen MR) is 94.1 cm³/mol. The van der Waals surface area contributed by atoms with E-state index in [9.17, 15) is 4.79 Å². The topological polar surface area (TPSA) is 38.3 Å². The van der Waals surface area contributed by atoms with Gasteiger partial charge in [-0.2, -0.15) is 11.8 Å². The molecule has 0 bridgehead atoms. The molecule has 1 aromatic rings. The molecular weight excluding hydrogens is 341 g/mol. The molecule has 1 saturated heterocycles. The van der Waals surface area contributed by atoms with Crippen LogP contribution in [0.5, 0.6) is 0 Å². The Bertz CT molecular complexity index is 493. The van der Waals surface area contributed by atoms with Gasteiger partial charge in [-0.1, -0.05) is 29.3 Å². The molecule has 0 aromatic heterocycles. The van der Waals surface area contributed by atoms with Crippen LogP contribution in [0.2, 0.25) is 10.0 Å². The molecule has 0 radical (unpaired) electrons. The van der Waals surface area contributed by atoms with Crippen molar-refractivity contribution >= 4 is 40.9 Å². The first-order valence-electron chi connectivity index (χ1n) is 7.55. The normalized spacial score (nSPS) is 15.7. The number of benzene rings is 1. The fourth-order valence-corrected chi connectivity index (χ4v) is 3.70. The Morgan fingerprint density at radius 2 is 2.05 bits per heavy atom. The van der Waals surface area contributed by atoms with Crippen molar-refractivity contribution in [3.05, 3.63) is 33.8 Å². The fraction of sp³-hybridized carbons (Fsp3) is 0.562. The molecular formula is C16H21Cl2NO2S. The molecule has 2 rings (SSSR count). The number of thioether (sulfide) groups is 1. The van der Waals surface area contributed by atoms with Crippen LogP contribution in [0.3, 0.4) is 0 Å². The number of carbonyl (C=O) groups excluding carboxylic acids is 1. The number of amides is 1. The summed E-state index contributed by atoms with van der Waals surface area (Å²) in [6.07, 6.45) is 3.39. The molecule has 1 amide bonds. The summed E-state index contributed by atoms with van der Waals surface area (Å²) in [6, 6.07) is 5.49. The summed E-state index contributed by atoms with van der Waals surface area (Å²) in [6.45, 7) is 2.46. The molecule has 3 nitrogen and oxygen atoms in total. The largest absolute Gasteiger partial charge is 0.381 e. The van der Waals surface area contributed by atoms with Crippen molar-refractivity contribution in [1.82, 2.24) is 5.32 Å². The standard InChI is InChI=1S/C16H21Cl2NO2S/c17-14-3-1-12(11-15(14)18)2-4-16(20)19-7-10-22-13-5-8-21-9-6-13/h1,3,11,13H,2,4-10H2,(H,19,20).